The minimum absolute atomic E-state index is 0.251. The molecule has 18 heavy (non-hydrogen) atoms. The van der Waals surface area contributed by atoms with E-state index in [1.807, 2.05) is 24.3 Å². The number of halogens is 1. The quantitative estimate of drug-likeness (QED) is 0.717. The Labute approximate surface area is 110 Å². The number of fused-ring (bicyclic) bond motifs is 3. The Balaban J connectivity index is 2.31. The van der Waals surface area contributed by atoms with Gasteiger partial charge < -0.3 is 9.67 Å². The average Bonchev–Trinajstić information content (AvgIpc) is 2.74. The largest absolute Gasteiger partial charge is 0.390 e. The van der Waals surface area contributed by atoms with Crippen molar-refractivity contribution in [2.24, 2.45) is 0 Å². The SMILES string of the molecule is O[C@@H](CCl)Cn1c2ccccc2c2ccccc21. The van der Waals surface area contributed by atoms with E-state index >= 15 is 0 Å². The molecular weight excluding hydrogens is 246 g/mol. The first-order chi connectivity index (χ1) is 8.81. The fourth-order valence-corrected chi connectivity index (χ4v) is 2.56. The highest BCUT2D eigenvalue weighted by molar-refractivity contribution is 6.18. The summed E-state index contributed by atoms with van der Waals surface area (Å²) < 4.78 is 2.14. The Kier molecular flexibility index (Phi) is 2.98. The summed E-state index contributed by atoms with van der Waals surface area (Å²) in [5.74, 6) is 0.251. The molecule has 1 N–H and O–H groups in total. The van der Waals surface area contributed by atoms with Gasteiger partial charge in [-0.1, -0.05) is 36.4 Å². The van der Waals surface area contributed by atoms with Gasteiger partial charge >= 0.3 is 0 Å². The smallest absolute Gasteiger partial charge is 0.0854 e. The second-order valence-electron chi connectivity index (χ2n) is 4.45. The van der Waals surface area contributed by atoms with Crippen molar-refractivity contribution in [3.8, 4) is 0 Å². The highest BCUT2D eigenvalue weighted by atomic mass is 35.5. The second-order valence-corrected chi connectivity index (χ2v) is 4.76. The Morgan fingerprint density at radius 3 is 1.94 bits per heavy atom. The highest BCUT2D eigenvalue weighted by Gasteiger charge is 2.12. The number of alkyl halides is 1. The van der Waals surface area contributed by atoms with E-state index in [-0.39, 0.29) is 5.88 Å². The predicted molar refractivity (Wildman–Crippen MR) is 76.2 cm³/mol. The molecule has 1 heterocycles. The molecule has 1 atom stereocenters. The molecule has 2 nitrogen and oxygen atoms in total. The molecule has 0 saturated heterocycles. The zero-order valence-corrected chi connectivity index (χ0v) is 10.6. The fourth-order valence-electron chi connectivity index (χ4n) is 2.46. The van der Waals surface area contributed by atoms with Crippen LogP contribution in [0, 0.1) is 0 Å². The molecule has 0 aliphatic rings. The van der Waals surface area contributed by atoms with Gasteiger partial charge in [-0.3, -0.25) is 0 Å². The third kappa shape index (κ3) is 1.78. The Morgan fingerprint density at radius 1 is 0.944 bits per heavy atom. The zero-order valence-electron chi connectivity index (χ0n) is 9.88. The Hall–Kier alpha value is -1.51. The van der Waals surface area contributed by atoms with Crippen LogP contribution >= 0.6 is 11.6 Å². The molecule has 0 aliphatic heterocycles. The number of benzene rings is 2. The Morgan fingerprint density at radius 2 is 1.44 bits per heavy atom. The van der Waals surface area contributed by atoms with Gasteiger partial charge in [0.2, 0.25) is 0 Å². The van der Waals surface area contributed by atoms with Crippen LogP contribution in [0.5, 0.6) is 0 Å². The van der Waals surface area contributed by atoms with E-state index in [1.165, 1.54) is 10.8 Å². The lowest BCUT2D eigenvalue weighted by atomic mass is 10.2. The Bertz CT molecular complexity index is 636. The summed E-state index contributed by atoms with van der Waals surface area (Å²) in [6.07, 6.45) is -0.522. The first kappa shape index (κ1) is 11.6. The molecule has 0 aliphatic carbocycles. The third-order valence-electron chi connectivity index (χ3n) is 3.25. The summed E-state index contributed by atoms with van der Waals surface area (Å²) in [5, 5.41) is 12.2. The van der Waals surface area contributed by atoms with Crippen molar-refractivity contribution in [3.63, 3.8) is 0 Å². The summed E-state index contributed by atoms with van der Waals surface area (Å²) in [5.41, 5.74) is 2.28. The van der Waals surface area contributed by atoms with Crippen molar-refractivity contribution in [1.82, 2.24) is 4.57 Å². The van der Waals surface area contributed by atoms with E-state index < -0.39 is 6.10 Å². The van der Waals surface area contributed by atoms with Crippen LogP contribution < -0.4 is 0 Å². The topological polar surface area (TPSA) is 25.2 Å². The van der Waals surface area contributed by atoms with Gasteiger partial charge in [0.15, 0.2) is 0 Å². The van der Waals surface area contributed by atoms with Gasteiger partial charge in [0.25, 0.3) is 0 Å². The van der Waals surface area contributed by atoms with Gasteiger partial charge in [0.1, 0.15) is 0 Å². The van der Waals surface area contributed by atoms with E-state index in [4.69, 9.17) is 11.6 Å². The minimum Gasteiger partial charge on any atom is -0.390 e. The lowest BCUT2D eigenvalue weighted by Gasteiger charge is -2.11. The lowest BCUT2D eigenvalue weighted by Crippen LogP contribution is -2.17. The second kappa shape index (κ2) is 4.63. The molecule has 0 saturated carbocycles. The van der Waals surface area contributed by atoms with Crippen LogP contribution in [0.3, 0.4) is 0 Å². The van der Waals surface area contributed by atoms with Crippen molar-refractivity contribution < 1.29 is 5.11 Å². The van der Waals surface area contributed by atoms with Crippen molar-refractivity contribution >= 4 is 33.4 Å². The van der Waals surface area contributed by atoms with Crippen LogP contribution in [0.2, 0.25) is 0 Å². The molecule has 0 bridgehead atoms. The molecule has 92 valence electrons. The number of para-hydroxylation sites is 2. The van der Waals surface area contributed by atoms with E-state index in [2.05, 4.69) is 28.8 Å². The van der Waals surface area contributed by atoms with Crippen molar-refractivity contribution in [2.75, 3.05) is 5.88 Å². The molecule has 2 aromatic carbocycles. The van der Waals surface area contributed by atoms with Crippen LogP contribution in [-0.2, 0) is 6.54 Å². The minimum atomic E-state index is -0.522. The van der Waals surface area contributed by atoms with Gasteiger partial charge in [0, 0.05) is 21.8 Å². The average molecular weight is 260 g/mol. The van der Waals surface area contributed by atoms with Gasteiger partial charge in [-0.25, -0.2) is 0 Å². The zero-order chi connectivity index (χ0) is 12.5. The molecule has 1 aromatic heterocycles. The van der Waals surface area contributed by atoms with Gasteiger partial charge in [-0.15, -0.1) is 11.6 Å². The molecule has 3 aromatic rings. The molecule has 3 heteroatoms. The van der Waals surface area contributed by atoms with Crippen LogP contribution in [0.4, 0.5) is 0 Å². The van der Waals surface area contributed by atoms with E-state index in [1.54, 1.807) is 0 Å². The van der Waals surface area contributed by atoms with Gasteiger partial charge in [-0.05, 0) is 12.1 Å². The summed E-state index contributed by atoms with van der Waals surface area (Å²) in [4.78, 5) is 0. The summed E-state index contributed by atoms with van der Waals surface area (Å²) in [7, 11) is 0. The van der Waals surface area contributed by atoms with Crippen LogP contribution in [0.15, 0.2) is 48.5 Å². The first-order valence-corrected chi connectivity index (χ1v) is 6.54. The summed E-state index contributed by atoms with van der Waals surface area (Å²) >= 11 is 5.71. The van der Waals surface area contributed by atoms with E-state index in [0.29, 0.717) is 6.54 Å². The molecule has 0 unspecified atom stereocenters. The van der Waals surface area contributed by atoms with Crippen molar-refractivity contribution in [2.45, 2.75) is 12.6 Å². The molecular formula is C15H14ClNO. The molecule has 0 amide bonds. The lowest BCUT2D eigenvalue weighted by molar-refractivity contribution is 0.180. The molecule has 3 rings (SSSR count). The normalized spacial score (nSPS) is 13.2. The van der Waals surface area contributed by atoms with E-state index in [0.717, 1.165) is 11.0 Å². The van der Waals surface area contributed by atoms with Crippen LogP contribution in [0.1, 0.15) is 0 Å². The van der Waals surface area contributed by atoms with Crippen LogP contribution in [0.25, 0.3) is 21.8 Å². The van der Waals surface area contributed by atoms with Crippen LogP contribution in [-0.4, -0.2) is 21.7 Å². The summed E-state index contributed by atoms with van der Waals surface area (Å²) in [6.45, 7) is 0.525. The van der Waals surface area contributed by atoms with Crippen molar-refractivity contribution in [3.05, 3.63) is 48.5 Å². The molecule has 0 radical (unpaired) electrons. The molecule has 0 spiro atoms. The first-order valence-electron chi connectivity index (χ1n) is 6.01. The fraction of sp³-hybridized carbons (Fsp3) is 0.200. The number of nitrogens with zero attached hydrogens (tertiary/aromatic N) is 1. The maximum atomic E-state index is 9.80. The van der Waals surface area contributed by atoms with Gasteiger partial charge in [-0.2, -0.15) is 0 Å². The summed E-state index contributed by atoms with van der Waals surface area (Å²) in [6, 6.07) is 16.5. The third-order valence-corrected chi connectivity index (χ3v) is 3.61. The van der Waals surface area contributed by atoms with Crippen molar-refractivity contribution in [1.29, 1.82) is 0 Å². The van der Waals surface area contributed by atoms with Gasteiger partial charge in [0.05, 0.1) is 18.5 Å². The number of aliphatic hydroxyl groups excluding tert-OH is 1. The predicted octanol–water partition coefficient (Wildman–Crippen LogP) is 3.39. The number of hydrogen-bond donors (Lipinski definition) is 1. The number of rotatable bonds is 3. The highest BCUT2D eigenvalue weighted by Crippen LogP contribution is 2.28. The van der Waals surface area contributed by atoms with E-state index in [9.17, 15) is 5.11 Å². The maximum Gasteiger partial charge on any atom is 0.0854 e. The monoisotopic (exact) mass is 259 g/mol. The maximum absolute atomic E-state index is 9.80. The number of aliphatic hydroxyl groups is 1. The molecule has 0 fully saturated rings. The number of hydrogen-bond acceptors (Lipinski definition) is 1. The number of aromatic nitrogens is 1. The standard InChI is InChI=1S/C15H14ClNO/c16-9-11(18)10-17-14-7-3-1-5-12(14)13-6-2-4-8-15(13)17/h1-8,11,18H,9-10H2/t11-/m0/s1.